The smallest absolute Gasteiger partial charge is 0.260 e. The van der Waals surface area contributed by atoms with Gasteiger partial charge in [-0.25, -0.2) is 4.98 Å². The van der Waals surface area contributed by atoms with Gasteiger partial charge in [0.1, 0.15) is 16.2 Å². The van der Waals surface area contributed by atoms with Crippen molar-refractivity contribution in [2.45, 2.75) is 16.5 Å². The molecule has 0 aromatic carbocycles. The van der Waals surface area contributed by atoms with Gasteiger partial charge in [-0.05, 0) is 18.4 Å². The number of aromatic nitrogens is 4. The molecule has 0 aliphatic carbocycles. The Morgan fingerprint density at radius 3 is 2.96 bits per heavy atom. The summed E-state index contributed by atoms with van der Waals surface area (Å²) in [6, 6.07) is 4.01. The van der Waals surface area contributed by atoms with Crippen molar-refractivity contribution in [2.75, 3.05) is 0 Å². The number of rotatable bonds is 4. The number of nitrogens with zero attached hydrogens (tertiary/aromatic N) is 3. The first kappa shape index (κ1) is 15.0. The van der Waals surface area contributed by atoms with Crippen molar-refractivity contribution in [3.05, 3.63) is 44.6 Å². The van der Waals surface area contributed by atoms with Crippen molar-refractivity contribution in [3.8, 4) is 10.4 Å². The van der Waals surface area contributed by atoms with Crippen molar-refractivity contribution < 1.29 is 0 Å². The van der Waals surface area contributed by atoms with Gasteiger partial charge in [0.05, 0.1) is 10.6 Å². The lowest BCUT2D eigenvalue weighted by Gasteiger charge is -2.08. The monoisotopic (exact) mass is 378 g/mol. The van der Waals surface area contributed by atoms with Crippen molar-refractivity contribution in [2.24, 2.45) is 0 Å². The molecule has 4 heterocycles. The third kappa shape index (κ3) is 2.85. The second-order valence-corrected chi connectivity index (χ2v) is 8.95. The normalized spacial score (nSPS) is 12.7. The molecule has 116 valence electrons. The lowest BCUT2D eigenvalue weighted by molar-refractivity contribution is 0.919. The molecule has 0 aliphatic heterocycles. The van der Waals surface area contributed by atoms with E-state index < -0.39 is 0 Å². The van der Waals surface area contributed by atoms with Gasteiger partial charge in [-0.1, -0.05) is 29.2 Å². The number of thiophene rings is 2. The molecule has 0 fully saturated rings. The van der Waals surface area contributed by atoms with Crippen molar-refractivity contribution in [1.29, 1.82) is 0 Å². The molecule has 0 saturated carbocycles. The Morgan fingerprint density at radius 2 is 2.22 bits per heavy atom. The summed E-state index contributed by atoms with van der Waals surface area (Å²) in [6.45, 7) is 2.00. The minimum absolute atomic E-state index is 0.00679. The van der Waals surface area contributed by atoms with Gasteiger partial charge in [-0.3, -0.25) is 4.79 Å². The van der Waals surface area contributed by atoms with Gasteiger partial charge in [0.25, 0.3) is 5.56 Å². The summed E-state index contributed by atoms with van der Waals surface area (Å²) >= 11 is 6.16. The van der Waals surface area contributed by atoms with E-state index in [0.29, 0.717) is 11.2 Å². The third-order valence-corrected chi connectivity index (χ3v) is 6.95. The SMILES string of the molecule is CC(Sc1nncs1)c1nc2scc(-c3cccs3)c2c(=O)[nH]1. The molecule has 0 spiro atoms. The first-order valence-corrected chi connectivity index (χ1v) is 10.2. The fourth-order valence-electron chi connectivity index (χ4n) is 2.19. The Morgan fingerprint density at radius 1 is 1.30 bits per heavy atom. The van der Waals surface area contributed by atoms with Crippen LogP contribution in [0.3, 0.4) is 0 Å². The number of thioether (sulfide) groups is 1. The lowest BCUT2D eigenvalue weighted by Crippen LogP contribution is -2.12. The number of aromatic amines is 1. The van der Waals surface area contributed by atoms with E-state index in [9.17, 15) is 4.79 Å². The summed E-state index contributed by atoms with van der Waals surface area (Å²) in [6.07, 6.45) is 0. The van der Waals surface area contributed by atoms with Crippen LogP contribution in [-0.2, 0) is 0 Å². The Labute approximate surface area is 147 Å². The van der Waals surface area contributed by atoms with Crippen LogP contribution in [0.2, 0.25) is 0 Å². The van der Waals surface area contributed by atoms with Crippen LogP contribution in [0.1, 0.15) is 18.0 Å². The Hall–Kier alpha value is -1.55. The van der Waals surface area contributed by atoms with Crippen molar-refractivity contribution in [1.82, 2.24) is 20.2 Å². The first-order chi connectivity index (χ1) is 11.2. The minimum Gasteiger partial charge on any atom is -0.309 e. The van der Waals surface area contributed by atoms with E-state index in [2.05, 4.69) is 20.2 Å². The molecule has 0 bridgehead atoms. The number of H-pyrrole nitrogens is 1. The van der Waals surface area contributed by atoms with Crippen LogP contribution in [-0.4, -0.2) is 20.2 Å². The van der Waals surface area contributed by atoms with Gasteiger partial charge >= 0.3 is 0 Å². The van der Waals surface area contributed by atoms with E-state index in [-0.39, 0.29) is 10.8 Å². The fraction of sp³-hybridized carbons (Fsp3) is 0.143. The highest BCUT2D eigenvalue weighted by molar-refractivity contribution is 8.01. The predicted octanol–water partition coefficient (Wildman–Crippen LogP) is 4.42. The highest BCUT2D eigenvalue weighted by Gasteiger charge is 2.17. The second-order valence-electron chi connectivity index (χ2n) is 4.72. The number of fused-ring (bicyclic) bond motifs is 1. The molecule has 4 aromatic rings. The largest absolute Gasteiger partial charge is 0.309 e. The topological polar surface area (TPSA) is 71.5 Å². The summed E-state index contributed by atoms with van der Waals surface area (Å²) < 4.78 is 0.866. The van der Waals surface area contributed by atoms with E-state index in [1.54, 1.807) is 28.6 Å². The van der Waals surface area contributed by atoms with Gasteiger partial charge in [-0.2, -0.15) is 0 Å². The Kier molecular flexibility index (Phi) is 4.02. The molecule has 1 unspecified atom stereocenters. The number of hydrogen-bond acceptors (Lipinski definition) is 8. The van der Waals surface area contributed by atoms with Gasteiger partial charge in [0.2, 0.25) is 0 Å². The third-order valence-electron chi connectivity index (χ3n) is 3.25. The summed E-state index contributed by atoms with van der Waals surface area (Å²) in [7, 11) is 0. The van der Waals surface area contributed by atoms with Crippen LogP contribution < -0.4 is 5.56 Å². The van der Waals surface area contributed by atoms with Crippen molar-refractivity contribution in [3.63, 3.8) is 0 Å². The zero-order chi connectivity index (χ0) is 15.8. The first-order valence-electron chi connectivity index (χ1n) is 6.70. The zero-order valence-corrected chi connectivity index (χ0v) is 15.1. The summed E-state index contributed by atoms with van der Waals surface area (Å²) in [4.78, 5) is 22.0. The highest BCUT2D eigenvalue weighted by atomic mass is 32.2. The maximum atomic E-state index is 12.6. The summed E-state index contributed by atoms with van der Waals surface area (Å²) in [5, 5.41) is 12.5. The quantitative estimate of drug-likeness (QED) is 0.532. The van der Waals surface area contributed by atoms with E-state index in [1.807, 2.05) is 29.8 Å². The summed E-state index contributed by atoms with van der Waals surface area (Å²) in [5.74, 6) is 0.669. The van der Waals surface area contributed by atoms with Gasteiger partial charge < -0.3 is 4.98 Å². The van der Waals surface area contributed by atoms with Crippen molar-refractivity contribution >= 4 is 56.0 Å². The molecule has 5 nitrogen and oxygen atoms in total. The second kappa shape index (κ2) is 6.16. The average molecular weight is 379 g/mol. The van der Waals surface area contributed by atoms with E-state index >= 15 is 0 Å². The molecule has 0 aliphatic rings. The molecule has 1 atom stereocenters. The number of hydrogen-bond donors (Lipinski definition) is 1. The van der Waals surface area contributed by atoms with Crippen LogP contribution in [0.25, 0.3) is 20.7 Å². The van der Waals surface area contributed by atoms with Gasteiger partial charge in [0.15, 0.2) is 4.34 Å². The van der Waals surface area contributed by atoms with Crippen LogP contribution in [0.15, 0.2) is 37.5 Å². The Bertz CT molecular complexity index is 988. The average Bonchev–Trinajstić information content (AvgIpc) is 3.27. The molecule has 23 heavy (non-hydrogen) atoms. The van der Waals surface area contributed by atoms with Crippen LogP contribution >= 0.6 is 45.8 Å². The molecular formula is C14H10N4OS4. The minimum atomic E-state index is -0.0839. The highest BCUT2D eigenvalue weighted by Crippen LogP contribution is 2.36. The maximum absolute atomic E-state index is 12.6. The molecule has 1 N–H and O–H groups in total. The predicted molar refractivity (Wildman–Crippen MR) is 97.7 cm³/mol. The van der Waals surface area contributed by atoms with Crippen LogP contribution in [0.4, 0.5) is 0 Å². The molecule has 9 heteroatoms. The molecule has 4 rings (SSSR count). The molecule has 4 aromatic heterocycles. The molecule has 0 saturated heterocycles. The standard InChI is InChI=1S/C14H10N4OS4/c1-7(23-14-18-15-6-22-14)11-16-12(19)10-8(5-21-13(10)17-11)9-3-2-4-20-9/h2-7H,1H3,(H,16,17,19). The van der Waals surface area contributed by atoms with E-state index in [4.69, 9.17) is 0 Å². The molecular weight excluding hydrogens is 368 g/mol. The van der Waals surface area contributed by atoms with Crippen LogP contribution in [0.5, 0.6) is 0 Å². The molecule has 0 amide bonds. The van der Waals surface area contributed by atoms with E-state index in [1.165, 1.54) is 22.7 Å². The fourth-order valence-corrected chi connectivity index (χ4v) is 5.64. The lowest BCUT2D eigenvalue weighted by atomic mass is 10.2. The maximum Gasteiger partial charge on any atom is 0.260 e. The van der Waals surface area contributed by atoms with Gasteiger partial charge in [0, 0.05) is 15.8 Å². The summed E-state index contributed by atoms with van der Waals surface area (Å²) in [5.41, 5.74) is 2.57. The molecule has 0 radical (unpaired) electrons. The zero-order valence-electron chi connectivity index (χ0n) is 11.8. The Balaban J connectivity index is 1.75. The van der Waals surface area contributed by atoms with Crippen LogP contribution in [0, 0.1) is 0 Å². The number of nitrogens with one attached hydrogen (secondary N) is 1. The van der Waals surface area contributed by atoms with E-state index in [0.717, 1.165) is 19.6 Å². The van der Waals surface area contributed by atoms with Gasteiger partial charge in [-0.15, -0.1) is 32.9 Å².